The van der Waals surface area contributed by atoms with Gasteiger partial charge in [0.2, 0.25) is 5.95 Å². The van der Waals surface area contributed by atoms with Gasteiger partial charge in [0, 0.05) is 34.6 Å². The maximum atomic E-state index is 12.4. The third kappa shape index (κ3) is 5.22. The van der Waals surface area contributed by atoms with E-state index < -0.39 is 11.6 Å². The monoisotopic (exact) mass is 558 g/mol. The molecule has 0 aliphatic heterocycles. The number of aryl methyl sites for hydroxylation is 1. The highest BCUT2D eigenvalue weighted by Crippen LogP contribution is 2.39. The molecule has 0 fully saturated rings. The predicted octanol–water partition coefficient (Wildman–Crippen LogP) is 5.93. The number of halogens is 2. The highest BCUT2D eigenvalue weighted by atomic mass is 35.5. The van der Waals surface area contributed by atoms with Gasteiger partial charge >= 0.3 is 6.03 Å². The molecular weight excluding hydrogens is 535 g/mol. The number of urea groups is 1. The van der Waals surface area contributed by atoms with Crippen LogP contribution in [0.2, 0.25) is 10.0 Å². The van der Waals surface area contributed by atoms with Crippen LogP contribution in [0.3, 0.4) is 0 Å². The molecule has 0 saturated carbocycles. The van der Waals surface area contributed by atoms with Crippen molar-refractivity contribution in [2.24, 2.45) is 7.05 Å². The molecule has 5 rings (SSSR count). The van der Waals surface area contributed by atoms with Gasteiger partial charge in [0.15, 0.2) is 5.60 Å². The molecule has 3 aromatic carbocycles. The molecule has 5 aromatic rings. The third-order valence-corrected chi connectivity index (χ3v) is 6.78. The Morgan fingerprint density at radius 3 is 2.51 bits per heavy atom. The summed E-state index contributed by atoms with van der Waals surface area (Å²) >= 11 is 12.5. The highest BCUT2D eigenvalue weighted by molar-refractivity contribution is 6.31. The lowest BCUT2D eigenvalue weighted by Crippen LogP contribution is -2.31. The molecule has 0 spiro atoms. The van der Waals surface area contributed by atoms with Crippen LogP contribution in [0.5, 0.6) is 0 Å². The maximum absolute atomic E-state index is 12.4. The summed E-state index contributed by atoms with van der Waals surface area (Å²) in [5.41, 5.74) is 1.98. The lowest BCUT2D eigenvalue weighted by molar-refractivity contribution is 0.117. The Morgan fingerprint density at radius 2 is 1.82 bits per heavy atom. The first kappa shape index (κ1) is 26.4. The molecule has 0 saturated heterocycles. The van der Waals surface area contributed by atoms with Crippen molar-refractivity contribution in [3.8, 4) is 11.3 Å². The zero-order valence-electron chi connectivity index (χ0n) is 20.9. The third-order valence-electron chi connectivity index (χ3n) is 6.29. The largest absolute Gasteiger partial charge is 0.374 e. The Labute approximate surface area is 235 Å². The number of aliphatic hydroxyl groups is 1. The number of rotatable bonds is 7. The van der Waals surface area contributed by atoms with E-state index >= 15 is 0 Å². The minimum absolute atomic E-state index is 0.117. The van der Waals surface area contributed by atoms with Crippen LogP contribution in [-0.2, 0) is 12.6 Å². The first-order valence-corrected chi connectivity index (χ1v) is 12.7. The molecular formula is C29H24Cl2N6O2. The van der Waals surface area contributed by atoms with Crippen LogP contribution >= 0.6 is 23.2 Å². The van der Waals surface area contributed by atoms with E-state index in [1.807, 2.05) is 25.2 Å². The van der Waals surface area contributed by atoms with E-state index in [4.69, 9.17) is 23.2 Å². The van der Waals surface area contributed by atoms with E-state index in [9.17, 15) is 9.90 Å². The topological polar surface area (TPSA) is 105 Å². The quantitative estimate of drug-likeness (QED) is 0.215. The normalized spacial score (nSPS) is 12.6. The smallest absolute Gasteiger partial charge is 0.321 e. The van der Waals surface area contributed by atoms with Crippen LogP contribution in [0.1, 0.15) is 16.8 Å². The fourth-order valence-corrected chi connectivity index (χ4v) is 4.75. The van der Waals surface area contributed by atoms with Crippen LogP contribution in [-0.4, -0.2) is 37.2 Å². The molecule has 2 aromatic heterocycles. The number of nitrogens with zero attached hydrogens (tertiary/aromatic N) is 4. The lowest BCUT2D eigenvalue weighted by Gasteiger charge is -2.30. The number of imidazole rings is 1. The number of carbonyl (C=O) groups is 1. The van der Waals surface area contributed by atoms with E-state index in [1.165, 1.54) is 0 Å². The Kier molecular flexibility index (Phi) is 7.34. The maximum Gasteiger partial charge on any atom is 0.321 e. The second-order valence-electron chi connectivity index (χ2n) is 8.87. The van der Waals surface area contributed by atoms with Crippen LogP contribution in [0.4, 0.5) is 10.7 Å². The first-order valence-electron chi connectivity index (χ1n) is 12.0. The van der Waals surface area contributed by atoms with Crippen LogP contribution in [0.15, 0.2) is 91.9 Å². The van der Waals surface area contributed by atoms with Crippen molar-refractivity contribution in [3.05, 3.63) is 119 Å². The summed E-state index contributed by atoms with van der Waals surface area (Å²) < 4.78 is 1.77. The van der Waals surface area contributed by atoms with Gasteiger partial charge in [-0.25, -0.2) is 19.7 Å². The minimum Gasteiger partial charge on any atom is -0.374 e. The SMILES string of the molecule is C=CCNC(=O)Nc1nc(-c2cccc(Cl)c2)c2cc(C(O)(c3ccc(Cl)cc3)c3cncn3C)ccc2n1. The summed E-state index contributed by atoms with van der Waals surface area (Å²) in [6, 6.07) is 19.2. The van der Waals surface area contributed by atoms with Crippen molar-refractivity contribution < 1.29 is 9.90 Å². The van der Waals surface area contributed by atoms with Gasteiger partial charge in [-0.1, -0.05) is 59.6 Å². The van der Waals surface area contributed by atoms with Gasteiger partial charge in [0.25, 0.3) is 0 Å². The molecule has 1 unspecified atom stereocenters. The van der Waals surface area contributed by atoms with Gasteiger partial charge in [0.1, 0.15) is 0 Å². The van der Waals surface area contributed by atoms with Crippen molar-refractivity contribution in [1.82, 2.24) is 24.8 Å². The lowest BCUT2D eigenvalue weighted by atomic mass is 9.83. The van der Waals surface area contributed by atoms with E-state index in [0.29, 0.717) is 50.0 Å². The number of aromatic nitrogens is 4. The molecule has 0 aliphatic rings. The molecule has 3 N–H and O–H groups in total. The minimum atomic E-state index is -1.57. The fraction of sp³-hybridized carbons (Fsp3) is 0.103. The zero-order chi connectivity index (χ0) is 27.6. The summed E-state index contributed by atoms with van der Waals surface area (Å²) in [6.45, 7) is 3.89. The number of amides is 2. The van der Waals surface area contributed by atoms with Crippen LogP contribution < -0.4 is 10.6 Å². The molecule has 8 nitrogen and oxygen atoms in total. The summed E-state index contributed by atoms with van der Waals surface area (Å²) in [5.74, 6) is 0.117. The predicted molar refractivity (Wildman–Crippen MR) is 154 cm³/mol. The van der Waals surface area contributed by atoms with E-state index in [1.54, 1.807) is 71.7 Å². The standard InChI is InChI=1S/C29H24Cl2N6O2/c1-3-13-33-28(38)36-27-34-24-12-9-20(15-23(24)26(35-27)18-5-4-6-22(31)14-18)29(39,25-16-32-17-37(25)2)19-7-10-21(30)11-8-19/h3-12,14-17,39H,1,13H2,2H3,(H2,33,34,35,36,38). The van der Waals surface area contributed by atoms with Gasteiger partial charge < -0.3 is 15.0 Å². The highest BCUT2D eigenvalue weighted by Gasteiger charge is 2.37. The number of anilines is 1. The Balaban J connectivity index is 1.73. The van der Waals surface area contributed by atoms with Gasteiger partial charge in [-0.05, 0) is 47.5 Å². The van der Waals surface area contributed by atoms with Crippen LogP contribution in [0, 0.1) is 0 Å². The van der Waals surface area contributed by atoms with Gasteiger partial charge in [-0.2, -0.15) is 0 Å². The summed E-state index contributed by atoms with van der Waals surface area (Å²) in [7, 11) is 1.82. The second-order valence-corrected chi connectivity index (χ2v) is 9.74. The molecule has 2 amide bonds. The Hall–Kier alpha value is -4.24. The average Bonchev–Trinajstić information content (AvgIpc) is 3.37. The van der Waals surface area contributed by atoms with Gasteiger partial charge in [-0.3, -0.25) is 5.32 Å². The number of benzene rings is 3. The molecule has 10 heteroatoms. The van der Waals surface area contributed by atoms with Crippen molar-refractivity contribution in [2.75, 3.05) is 11.9 Å². The van der Waals surface area contributed by atoms with E-state index in [-0.39, 0.29) is 5.95 Å². The van der Waals surface area contributed by atoms with Gasteiger partial charge in [-0.15, -0.1) is 6.58 Å². The summed E-state index contributed by atoms with van der Waals surface area (Å²) in [5, 5.41) is 19.4. The number of hydrogen-bond donors (Lipinski definition) is 3. The molecule has 196 valence electrons. The Bertz CT molecular complexity index is 1690. The van der Waals surface area contributed by atoms with Crippen molar-refractivity contribution in [1.29, 1.82) is 0 Å². The number of carbonyl (C=O) groups excluding carboxylic acids is 1. The number of nitrogens with one attached hydrogen (secondary N) is 2. The zero-order valence-corrected chi connectivity index (χ0v) is 22.4. The molecule has 39 heavy (non-hydrogen) atoms. The average molecular weight is 559 g/mol. The van der Waals surface area contributed by atoms with Crippen molar-refractivity contribution >= 4 is 46.1 Å². The van der Waals surface area contributed by atoms with Gasteiger partial charge in [0.05, 0.1) is 29.4 Å². The molecule has 0 aliphatic carbocycles. The first-order chi connectivity index (χ1) is 18.8. The number of hydrogen-bond acceptors (Lipinski definition) is 5. The molecule has 0 radical (unpaired) electrons. The molecule has 0 bridgehead atoms. The number of fused-ring (bicyclic) bond motifs is 1. The van der Waals surface area contributed by atoms with E-state index in [0.717, 1.165) is 5.56 Å². The Morgan fingerprint density at radius 1 is 1.05 bits per heavy atom. The summed E-state index contributed by atoms with van der Waals surface area (Å²) in [6.07, 6.45) is 4.83. The van der Waals surface area contributed by atoms with Crippen molar-refractivity contribution in [2.45, 2.75) is 5.60 Å². The summed E-state index contributed by atoms with van der Waals surface area (Å²) in [4.78, 5) is 25.8. The van der Waals surface area contributed by atoms with E-state index in [2.05, 4.69) is 32.2 Å². The molecule has 2 heterocycles. The van der Waals surface area contributed by atoms with Crippen LogP contribution in [0.25, 0.3) is 22.2 Å². The second kappa shape index (κ2) is 10.9. The van der Waals surface area contributed by atoms with Crippen molar-refractivity contribution in [3.63, 3.8) is 0 Å². The fourth-order valence-electron chi connectivity index (χ4n) is 4.44. The molecule has 1 atom stereocenters.